The molecule has 0 aliphatic carbocycles. The Balaban J connectivity index is 1.67. The predicted molar refractivity (Wildman–Crippen MR) is 92.1 cm³/mol. The summed E-state index contributed by atoms with van der Waals surface area (Å²) in [4.78, 5) is 11.8. The summed E-state index contributed by atoms with van der Waals surface area (Å²) in [7, 11) is 0. The molecule has 0 unspecified atom stereocenters. The number of carbonyl (C=O) groups excluding carboxylic acids is 1. The van der Waals surface area contributed by atoms with E-state index in [0.29, 0.717) is 37.3 Å². The lowest BCUT2D eigenvalue weighted by Crippen LogP contribution is -2.12. The maximum atomic E-state index is 11.8. The summed E-state index contributed by atoms with van der Waals surface area (Å²) in [5, 5.41) is 11.5. The Morgan fingerprint density at radius 2 is 1.67 bits per heavy atom. The molecule has 0 aromatic heterocycles. The summed E-state index contributed by atoms with van der Waals surface area (Å²) < 4.78 is 11.0. The number of hydrogen-bond acceptors (Lipinski definition) is 4. The fourth-order valence-corrected chi connectivity index (χ4v) is 2.07. The van der Waals surface area contributed by atoms with Crippen LogP contribution in [0, 0.1) is 11.3 Å². The molecule has 0 atom stereocenters. The number of nitriles is 1. The monoisotopic (exact) mass is 324 g/mol. The summed E-state index contributed by atoms with van der Waals surface area (Å²) in [6.45, 7) is 3.04. The second kappa shape index (κ2) is 9.21. The molecule has 0 saturated heterocycles. The number of ether oxygens (including phenoxy) is 2. The van der Waals surface area contributed by atoms with Crippen molar-refractivity contribution in [3.8, 4) is 17.6 Å². The van der Waals surface area contributed by atoms with Crippen molar-refractivity contribution in [3.63, 3.8) is 0 Å². The number of nitrogens with zero attached hydrogens (tertiary/aromatic N) is 1. The SMILES string of the molecule is CCOc1ccc(OCCCC(=O)Nc2ccc(C#N)cc2)cc1. The van der Waals surface area contributed by atoms with Gasteiger partial charge in [0.05, 0.1) is 24.8 Å². The lowest BCUT2D eigenvalue weighted by Gasteiger charge is -2.08. The van der Waals surface area contributed by atoms with Gasteiger partial charge in [-0.1, -0.05) is 0 Å². The van der Waals surface area contributed by atoms with Crippen molar-refractivity contribution in [3.05, 3.63) is 54.1 Å². The maximum absolute atomic E-state index is 11.8. The van der Waals surface area contributed by atoms with Crippen LogP contribution in [-0.2, 0) is 4.79 Å². The number of nitrogens with one attached hydrogen (secondary N) is 1. The Labute approximate surface area is 141 Å². The van der Waals surface area contributed by atoms with Crippen LogP contribution in [0.25, 0.3) is 0 Å². The van der Waals surface area contributed by atoms with Crippen LogP contribution < -0.4 is 14.8 Å². The smallest absolute Gasteiger partial charge is 0.224 e. The molecule has 0 aliphatic heterocycles. The van der Waals surface area contributed by atoms with Crippen molar-refractivity contribution in [2.24, 2.45) is 0 Å². The second-order valence-corrected chi connectivity index (χ2v) is 5.09. The number of rotatable bonds is 8. The largest absolute Gasteiger partial charge is 0.494 e. The average Bonchev–Trinajstić information content (AvgIpc) is 2.61. The van der Waals surface area contributed by atoms with Gasteiger partial charge in [-0.05, 0) is 61.9 Å². The third kappa shape index (κ3) is 5.65. The minimum Gasteiger partial charge on any atom is -0.494 e. The normalized spacial score (nSPS) is 9.83. The van der Waals surface area contributed by atoms with E-state index in [-0.39, 0.29) is 5.91 Å². The molecule has 1 amide bonds. The second-order valence-electron chi connectivity index (χ2n) is 5.09. The molecule has 2 aromatic carbocycles. The van der Waals surface area contributed by atoms with Gasteiger partial charge < -0.3 is 14.8 Å². The van der Waals surface area contributed by atoms with Gasteiger partial charge in [0.25, 0.3) is 0 Å². The Bertz CT molecular complexity index is 688. The van der Waals surface area contributed by atoms with E-state index in [2.05, 4.69) is 5.32 Å². The highest BCUT2D eigenvalue weighted by Gasteiger charge is 2.03. The van der Waals surface area contributed by atoms with Gasteiger partial charge in [-0.3, -0.25) is 4.79 Å². The van der Waals surface area contributed by atoms with Crippen LogP contribution in [-0.4, -0.2) is 19.1 Å². The Kier molecular flexibility index (Phi) is 6.66. The highest BCUT2D eigenvalue weighted by Crippen LogP contribution is 2.17. The average molecular weight is 324 g/mol. The minimum atomic E-state index is -0.0741. The Hall–Kier alpha value is -3.00. The molecular weight excluding hydrogens is 304 g/mol. The molecule has 2 rings (SSSR count). The number of benzene rings is 2. The van der Waals surface area contributed by atoms with Crippen LogP contribution in [0.15, 0.2) is 48.5 Å². The highest BCUT2D eigenvalue weighted by atomic mass is 16.5. The quantitative estimate of drug-likeness (QED) is 0.751. The molecule has 24 heavy (non-hydrogen) atoms. The number of anilines is 1. The van der Waals surface area contributed by atoms with Gasteiger partial charge in [0.15, 0.2) is 0 Å². The molecular formula is C19H20N2O3. The van der Waals surface area contributed by atoms with Crippen LogP contribution in [0.1, 0.15) is 25.3 Å². The van der Waals surface area contributed by atoms with Crippen LogP contribution in [0.4, 0.5) is 5.69 Å². The van der Waals surface area contributed by atoms with Crippen LogP contribution in [0.5, 0.6) is 11.5 Å². The maximum Gasteiger partial charge on any atom is 0.224 e. The molecule has 0 saturated carbocycles. The molecule has 0 aliphatic rings. The van der Waals surface area contributed by atoms with Gasteiger partial charge in [-0.15, -0.1) is 0 Å². The third-order valence-corrected chi connectivity index (χ3v) is 3.25. The molecule has 124 valence electrons. The van der Waals surface area contributed by atoms with E-state index in [9.17, 15) is 4.79 Å². The summed E-state index contributed by atoms with van der Waals surface area (Å²) in [6, 6.07) is 16.2. The fourth-order valence-electron chi connectivity index (χ4n) is 2.07. The molecule has 0 radical (unpaired) electrons. The van der Waals surface area contributed by atoms with E-state index in [0.717, 1.165) is 11.5 Å². The highest BCUT2D eigenvalue weighted by molar-refractivity contribution is 5.90. The molecule has 5 nitrogen and oxygen atoms in total. The van der Waals surface area contributed by atoms with E-state index in [1.807, 2.05) is 37.3 Å². The van der Waals surface area contributed by atoms with Crippen LogP contribution >= 0.6 is 0 Å². The molecule has 0 bridgehead atoms. The number of carbonyl (C=O) groups is 1. The Morgan fingerprint density at radius 3 is 2.25 bits per heavy atom. The van der Waals surface area contributed by atoms with Crippen LogP contribution in [0.3, 0.4) is 0 Å². The summed E-state index contributed by atoms with van der Waals surface area (Å²) in [5.41, 5.74) is 1.25. The van der Waals surface area contributed by atoms with Gasteiger partial charge in [-0.25, -0.2) is 0 Å². The standard InChI is InChI=1S/C19H20N2O3/c1-2-23-17-9-11-18(12-10-17)24-13-3-4-19(22)21-16-7-5-15(14-20)6-8-16/h5-12H,2-4,13H2,1H3,(H,21,22). The molecule has 5 heteroatoms. The first-order chi connectivity index (χ1) is 11.7. The van der Waals surface area contributed by atoms with Gasteiger partial charge in [0.1, 0.15) is 11.5 Å². The zero-order valence-corrected chi connectivity index (χ0v) is 13.6. The van der Waals surface area contributed by atoms with E-state index in [1.165, 1.54) is 0 Å². The van der Waals surface area contributed by atoms with Crippen molar-refractivity contribution >= 4 is 11.6 Å². The first-order valence-electron chi connectivity index (χ1n) is 7.87. The topological polar surface area (TPSA) is 71.3 Å². The molecule has 0 fully saturated rings. The first-order valence-corrected chi connectivity index (χ1v) is 7.87. The van der Waals surface area contributed by atoms with Gasteiger partial charge >= 0.3 is 0 Å². The zero-order chi connectivity index (χ0) is 17.2. The van der Waals surface area contributed by atoms with Crippen molar-refractivity contribution in [1.82, 2.24) is 0 Å². The van der Waals surface area contributed by atoms with E-state index < -0.39 is 0 Å². The van der Waals surface area contributed by atoms with Gasteiger partial charge in [0.2, 0.25) is 5.91 Å². The van der Waals surface area contributed by atoms with Crippen molar-refractivity contribution < 1.29 is 14.3 Å². The molecule has 1 N–H and O–H groups in total. The zero-order valence-electron chi connectivity index (χ0n) is 13.6. The summed E-state index contributed by atoms with van der Waals surface area (Å²) in [6.07, 6.45) is 0.992. The molecule has 2 aromatic rings. The summed E-state index contributed by atoms with van der Waals surface area (Å²) in [5.74, 6) is 1.49. The van der Waals surface area contributed by atoms with Gasteiger partial charge in [0, 0.05) is 12.1 Å². The Morgan fingerprint density at radius 1 is 1.04 bits per heavy atom. The lowest BCUT2D eigenvalue weighted by atomic mass is 10.2. The first kappa shape index (κ1) is 17.4. The van der Waals surface area contributed by atoms with Crippen LogP contribution in [0.2, 0.25) is 0 Å². The van der Waals surface area contributed by atoms with E-state index >= 15 is 0 Å². The minimum absolute atomic E-state index is 0.0741. The molecule has 0 spiro atoms. The third-order valence-electron chi connectivity index (χ3n) is 3.25. The fraction of sp³-hybridized carbons (Fsp3) is 0.263. The lowest BCUT2D eigenvalue weighted by molar-refractivity contribution is -0.116. The number of amides is 1. The van der Waals surface area contributed by atoms with Crippen molar-refractivity contribution in [1.29, 1.82) is 5.26 Å². The van der Waals surface area contributed by atoms with Gasteiger partial charge in [-0.2, -0.15) is 5.26 Å². The number of hydrogen-bond donors (Lipinski definition) is 1. The summed E-state index contributed by atoms with van der Waals surface area (Å²) >= 11 is 0. The molecule has 0 heterocycles. The van der Waals surface area contributed by atoms with Crippen molar-refractivity contribution in [2.45, 2.75) is 19.8 Å². The van der Waals surface area contributed by atoms with E-state index in [4.69, 9.17) is 14.7 Å². The predicted octanol–water partition coefficient (Wildman–Crippen LogP) is 3.75. The van der Waals surface area contributed by atoms with Crippen molar-refractivity contribution in [2.75, 3.05) is 18.5 Å². The van der Waals surface area contributed by atoms with E-state index in [1.54, 1.807) is 24.3 Å².